The molecule has 0 radical (unpaired) electrons. The summed E-state index contributed by atoms with van der Waals surface area (Å²) in [7, 11) is 0. The van der Waals surface area contributed by atoms with Crippen molar-refractivity contribution in [2.45, 2.75) is 25.8 Å². The van der Waals surface area contributed by atoms with Crippen LogP contribution in [0.25, 0.3) is 0 Å². The van der Waals surface area contributed by atoms with Crippen LogP contribution in [0.5, 0.6) is 0 Å². The maximum atomic E-state index is 6.01. The molecule has 1 N–H and O–H groups in total. The minimum atomic E-state index is 0.359. The molecular formula is C17H21ClN4. The van der Waals surface area contributed by atoms with Crippen LogP contribution in [0.3, 0.4) is 0 Å². The molecule has 2 heterocycles. The van der Waals surface area contributed by atoms with Crippen molar-refractivity contribution in [3.05, 3.63) is 52.9 Å². The van der Waals surface area contributed by atoms with Crippen LogP contribution in [-0.4, -0.2) is 34.5 Å². The van der Waals surface area contributed by atoms with Gasteiger partial charge in [0.1, 0.15) is 16.8 Å². The zero-order valence-electron chi connectivity index (χ0n) is 12.8. The fourth-order valence-corrected chi connectivity index (χ4v) is 3.23. The fourth-order valence-electron chi connectivity index (χ4n) is 3.01. The Hall–Kier alpha value is -1.65. The van der Waals surface area contributed by atoms with Crippen LogP contribution in [0.2, 0.25) is 5.15 Å². The molecule has 2 aromatic rings. The predicted molar refractivity (Wildman–Crippen MR) is 90.3 cm³/mol. The Morgan fingerprint density at radius 2 is 1.91 bits per heavy atom. The summed E-state index contributed by atoms with van der Waals surface area (Å²) in [5.74, 6) is 1.48. The summed E-state index contributed by atoms with van der Waals surface area (Å²) in [6, 6.07) is 12.8. The molecule has 1 aromatic heterocycles. The first-order chi connectivity index (χ1) is 10.7. The van der Waals surface area contributed by atoms with E-state index in [-0.39, 0.29) is 0 Å². The lowest BCUT2D eigenvalue weighted by Gasteiger charge is -2.28. The molecule has 5 heteroatoms. The zero-order valence-corrected chi connectivity index (χ0v) is 13.6. The fraction of sp³-hybridized carbons (Fsp3) is 0.412. The predicted octanol–water partition coefficient (Wildman–Crippen LogP) is 3.69. The first kappa shape index (κ1) is 15.3. The topological polar surface area (TPSA) is 41.1 Å². The van der Waals surface area contributed by atoms with E-state index in [2.05, 4.69) is 50.5 Å². The number of aryl methyl sites for hydroxylation is 1. The number of likely N-dealkylation sites (tertiary alicyclic amines) is 1. The van der Waals surface area contributed by atoms with Crippen molar-refractivity contribution in [3.63, 3.8) is 0 Å². The number of halogens is 1. The van der Waals surface area contributed by atoms with Gasteiger partial charge in [0.05, 0.1) is 6.04 Å². The number of anilines is 1. The molecule has 22 heavy (non-hydrogen) atoms. The molecular weight excluding hydrogens is 296 g/mol. The first-order valence-corrected chi connectivity index (χ1v) is 8.14. The Balaban J connectivity index is 1.75. The van der Waals surface area contributed by atoms with Gasteiger partial charge in [0.2, 0.25) is 0 Å². The highest BCUT2D eigenvalue weighted by Gasteiger charge is 2.23. The van der Waals surface area contributed by atoms with Gasteiger partial charge in [0.25, 0.3) is 0 Å². The minimum absolute atomic E-state index is 0.359. The SMILES string of the molecule is Cc1nc(Cl)cc(NCC(c2ccccc2)N2CCCC2)n1. The van der Waals surface area contributed by atoms with Crippen LogP contribution in [0.1, 0.15) is 30.3 Å². The Bertz CT molecular complexity index is 591. The zero-order chi connectivity index (χ0) is 15.4. The third kappa shape index (κ3) is 3.76. The van der Waals surface area contributed by atoms with Gasteiger partial charge >= 0.3 is 0 Å². The summed E-state index contributed by atoms with van der Waals surface area (Å²) in [4.78, 5) is 11.0. The Morgan fingerprint density at radius 3 is 2.59 bits per heavy atom. The number of hydrogen-bond acceptors (Lipinski definition) is 4. The van der Waals surface area contributed by atoms with Crippen molar-refractivity contribution in [1.29, 1.82) is 0 Å². The second-order valence-electron chi connectivity index (χ2n) is 5.67. The summed E-state index contributed by atoms with van der Waals surface area (Å²) in [6.07, 6.45) is 2.56. The molecule has 0 spiro atoms. The number of rotatable bonds is 5. The maximum absolute atomic E-state index is 6.01. The summed E-state index contributed by atoms with van der Waals surface area (Å²) in [5.41, 5.74) is 1.34. The molecule has 1 aliphatic heterocycles. The number of aromatic nitrogens is 2. The second-order valence-corrected chi connectivity index (χ2v) is 6.06. The molecule has 1 fully saturated rings. The number of nitrogens with one attached hydrogen (secondary N) is 1. The van der Waals surface area contributed by atoms with Gasteiger partial charge in [0.15, 0.2) is 0 Å². The third-order valence-corrected chi connectivity index (χ3v) is 4.24. The summed E-state index contributed by atoms with van der Waals surface area (Å²) in [6.45, 7) is 4.98. The van der Waals surface area contributed by atoms with E-state index in [1.807, 2.05) is 6.92 Å². The smallest absolute Gasteiger partial charge is 0.134 e. The Labute approximate surface area is 136 Å². The van der Waals surface area contributed by atoms with Crippen LogP contribution < -0.4 is 5.32 Å². The lowest BCUT2D eigenvalue weighted by molar-refractivity contribution is 0.256. The molecule has 1 unspecified atom stereocenters. The highest BCUT2D eigenvalue weighted by atomic mass is 35.5. The van der Waals surface area contributed by atoms with E-state index in [1.165, 1.54) is 18.4 Å². The van der Waals surface area contributed by atoms with E-state index in [9.17, 15) is 0 Å². The van der Waals surface area contributed by atoms with Crippen molar-refractivity contribution in [2.75, 3.05) is 25.0 Å². The average molecular weight is 317 g/mol. The van der Waals surface area contributed by atoms with E-state index in [4.69, 9.17) is 11.6 Å². The van der Waals surface area contributed by atoms with Crippen LogP contribution in [0.15, 0.2) is 36.4 Å². The third-order valence-electron chi connectivity index (χ3n) is 4.05. The Morgan fingerprint density at radius 1 is 1.18 bits per heavy atom. The van der Waals surface area contributed by atoms with E-state index in [0.29, 0.717) is 17.0 Å². The highest BCUT2D eigenvalue weighted by Crippen LogP contribution is 2.25. The van der Waals surface area contributed by atoms with Gasteiger partial charge in [-0.1, -0.05) is 41.9 Å². The van der Waals surface area contributed by atoms with Crippen molar-refractivity contribution in [1.82, 2.24) is 14.9 Å². The molecule has 1 saturated heterocycles. The summed E-state index contributed by atoms with van der Waals surface area (Å²) >= 11 is 6.01. The molecule has 4 nitrogen and oxygen atoms in total. The van der Waals surface area contributed by atoms with Crippen molar-refractivity contribution >= 4 is 17.4 Å². The van der Waals surface area contributed by atoms with Crippen molar-refractivity contribution in [3.8, 4) is 0 Å². The van der Waals surface area contributed by atoms with E-state index in [0.717, 1.165) is 25.5 Å². The number of hydrogen-bond donors (Lipinski definition) is 1. The Kier molecular flexibility index (Phi) is 4.90. The first-order valence-electron chi connectivity index (χ1n) is 7.76. The van der Waals surface area contributed by atoms with Crippen LogP contribution in [0.4, 0.5) is 5.82 Å². The number of nitrogens with zero attached hydrogens (tertiary/aromatic N) is 3. The normalized spacial score (nSPS) is 16.6. The average Bonchev–Trinajstić information content (AvgIpc) is 3.02. The van der Waals surface area contributed by atoms with Gasteiger partial charge in [-0.05, 0) is 38.4 Å². The van der Waals surface area contributed by atoms with Crippen molar-refractivity contribution < 1.29 is 0 Å². The summed E-state index contributed by atoms with van der Waals surface area (Å²) < 4.78 is 0. The van der Waals surface area contributed by atoms with E-state index >= 15 is 0 Å². The molecule has 0 bridgehead atoms. The standard InChI is InChI=1S/C17H21ClN4/c1-13-20-16(18)11-17(21-13)19-12-15(22-9-5-6-10-22)14-7-3-2-4-8-14/h2-4,7-8,11,15H,5-6,9-10,12H2,1H3,(H,19,20,21). The molecule has 1 atom stereocenters. The van der Waals surface area contributed by atoms with Gasteiger partial charge in [-0.25, -0.2) is 9.97 Å². The molecule has 3 rings (SSSR count). The molecule has 1 aliphatic rings. The van der Waals surface area contributed by atoms with Gasteiger partial charge in [-0.2, -0.15) is 0 Å². The molecule has 0 aliphatic carbocycles. The van der Waals surface area contributed by atoms with Crippen LogP contribution >= 0.6 is 11.6 Å². The van der Waals surface area contributed by atoms with Gasteiger partial charge in [-0.15, -0.1) is 0 Å². The maximum Gasteiger partial charge on any atom is 0.134 e. The van der Waals surface area contributed by atoms with Crippen molar-refractivity contribution in [2.24, 2.45) is 0 Å². The largest absolute Gasteiger partial charge is 0.368 e. The van der Waals surface area contributed by atoms with Gasteiger partial charge in [-0.3, -0.25) is 4.90 Å². The van der Waals surface area contributed by atoms with Gasteiger partial charge in [0, 0.05) is 12.6 Å². The molecule has 1 aromatic carbocycles. The van der Waals surface area contributed by atoms with E-state index in [1.54, 1.807) is 6.07 Å². The molecule has 0 saturated carbocycles. The van der Waals surface area contributed by atoms with Gasteiger partial charge < -0.3 is 5.32 Å². The molecule has 116 valence electrons. The number of benzene rings is 1. The monoisotopic (exact) mass is 316 g/mol. The summed E-state index contributed by atoms with van der Waals surface area (Å²) in [5, 5.41) is 3.90. The lowest BCUT2D eigenvalue weighted by atomic mass is 10.1. The minimum Gasteiger partial charge on any atom is -0.368 e. The van der Waals surface area contributed by atoms with Crippen LogP contribution in [-0.2, 0) is 0 Å². The molecule has 0 amide bonds. The van der Waals surface area contributed by atoms with Crippen LogP contribution in [0, 0.1) is 6.92 Å². The quantitative estimate of drug-likeness (QED) is 0.854. The second kappa shape index (κ2) is 7.07. The lowest BCUT2D eigenvalue weighted by Crippen LogP contribution is -2.31. The van der Waals surface area contributed by atoms with E-state index < -0.39 is 0 Å². The highest BCUT2D eigenvalue weighted by molar-refractivity contribution is 6.29.